The molecule has 5 nitrogen and oxygen atoms in total. The summed E-state index contributed by atoms with van der Waals surface area (Å²) < 4.78 is 18.6. The van der Waals surface area contributed by atoms with E-state index in [-0.39, 0.29) is 23.9 Å². The number of rotatable bonds is 4. The third-order valence-electron chi connectivity index (χ3n) is 5.62. The summed E-state index contributed by atoms with van der Waals surface area (Å²) in [6.07, 6.45) is 8.19. The van der Waals surface area contributed by atoms with E-state index in [9.17, 15) is 9.18 Å². The molecule has 1 saturated carbocycles. The van der Waals surface area contributed by atoms with Gasteiger partial charge in [-0.2, -0.15) is 0 Å². The Labute approximate surface area is 149 Å². The summed E-state index contributed by atoms with van der Waals surface area (Å²) in [5, 5.41) is 0. The SMILES string of the molecule is CC(C)C1CCC(C(=O)N2CCCC(Oc3ncc(F)cn3)C2)CC1. The highest BCUT2D eigenvalue weighted by Crippen LogP contribution is 2.34. The van der Waals surface area contributed by atoms with E-state index < -0.39 is 5.82 Å². The largest absolute Gasteiger partial charge is 0.458 e. The van der Waals surface area contributed by atoms with Gasteiger partial charge >= 0.3 is 6.01 Å². The second-order valence-corrected chi connectivity index (χ2v) is 7.71. The van der Waals surface area contributed by atoms with Gasteiger partial charge in [-0.25, -0.2) is 14.4 Å². The first kappa shape index (κ1) is 18.1. The number of aromatic nitrogens is 2. The molecular weight excluding hydrogens is 321 g/mol. The first-order chi connectivity index (χ1) is 12.0. The van der Waals surface area contributed by atoms with E-state index in [1.807, 2.05) is 4.90 Å². The van der Waals surface area contributed by atoms with Crippen molar-refractivity contribution in [2.24, 2.45) is 17.8 Å². The van der Waals surface area contributed by atoms with Gasteiger partial charge in [-0.1, -0.05) is 13.8 Å². The standard InChI is InChI=1S/C19H28FN3O2/c1-13(2)14-5-7-15(8-6-14)18(24)23-9-3-4-17(12-23)25-19-21-10-16(20)11-22-19/h10-11,13-15,17H,3-9,12H2,1-2H3. The van der Waals surface area contributed by atoms with Crippen molar-refractivity contribution in [3.8, 4) is 6.01 Å². The maximum Gasteiger partial charge on any atom is 0.316 e. The number of piperidine rings is 1. The molecule has 0 aromatic carbocycles. The van der Waals surface area contributed by atoms with Crippen molar-refractivity contribution < 1.29 is 13.9 Å². The minimum atomic E-state index is -0.482. The van der Waals surface area contributed by atoms with Crippen LogP contribution < -0.4 is 4.74 Å². The van der Waals surface area contributed by atoms with Crippen LogP contribution >= 0.6 is 0 Å². The molecule has 1 aliphatic heterocycles. The molecule has 2 aliphatic rings. The van der Waals surface area contributed by atoms with Crippen LogP contribution in [0.3, 0.4) is 0 Å². The molecule has 0 radical (unpaired) electrons. The van der Waals surface area contributed by atoms with E-state index in [1.54, 1.807) is 0 Å². The normalized spacial score (nSPS) is 27.4. The second kappa shape index (κ2) is 8.11. The smallest absolute Gasteiger partial charge is 0.316 e. The highest BCUT2D eigenvalue weighted by molar-refractivity contribution is 5.79. The Morgan fingerprint density at radius 1 is 1.20 bits per heavy atom. The molecule has 0 bridgehead atoms. The molecule has 1 aliphatic carbocycles. The lowest BCUT2D eigenvalue weighted by molar-refractivity contribution is -0.139. The Bertz CT molecular complexity index is 571. The van der Waals surface area contributed by atoms with Crippen LogP contribution in [0.4, 0.5) is 4.39 Å². The fourth-order valence-corrected chi connectivity index (χ4v) is 4.04. The summed E-state index contributed by atoms with van der Waals surface area (Å²) in [5.74, 6) is 1.42. The maximum atomic E-state index is 12.9. The van der Waals surface area contributed by atoms with Crippen LogP contribution in [0.1, 0.15) is 52.4 Å². The lowest BCUT2D eigenvalue weighted by Crippen LogP contribution is -2.47. The zero-order chi connectivity index (χ0) is 17.8. The van der Waals surface area contributed by atoms with Crippen LogP contribution in [-0.4, -0.2) is 40.0 Å². The number of likely N-dealkylation sites (tertiary alicyclic amines) is 1. The van der Waals surface area contributed by atoms with Crippen molar-refractivity contribution in [2.45, 2.75) is 58.5 Å². The Morgan fingerprint density at radius 2 is 1.88 bits per heavy atom. The van der Waals surface area contributed by atoms with Crippen LogP contribution in [0.5, 0.6) is 6.01 Å². The molecule has 1 aromatic rings. The third-order valence-corrected chi connectivity index (χ3v) is 5.62. The van der Waals surface area contributed by atoms with Gasteiger partial charge in [0.1, 0.15) is 6.10 Å². The maximum absolute atomic E-state index is 12.9. The minimum Gasteiger partial charge on any atom is -0.458 e. The van der Waals surface area contributed by atoms with Gasteiger partial charge in [0.2, 0.25) is 5.91 Å². The highest BCUT2D eigenvalue weighted by atomic mass is 19.1. The fraction of sp³-hybridized carbons (Fsp3) is 0.737. The van der Waals surface area contributed by atoms with E-state index in [4.69, 9.17) is 4.74 Å². The number of nitrogens with zero attached hydrogens (tertiary/aromatic N) is 3. The van der Waals surface area contributed by atoms with Gasteiger partial charge in [0.15, 0.2) is 5.82 Å². The highest BCUT2D eigenvalue weighted by Gasteiger charge is 2.33. The minimum absolute atomic E-state index is 0.116. The summed E-state index contributed by atoms with van der Waals surface area (Å²) >= 11 is 0. The molecule has 2 fully saturated rings. The Morgan fingerprint density at radius 3 is 2.52 bits per heavy atom. The van der Waals surface area contributed by atoms with Crippen LogP contribution in [0, 0.1) is 23.6 Å². The first-order valence-corrected chi connectivity index (χ1v) is 9.46. The van der Waals surface area contributed by atoms with Crippen LogP contribution in [0.15, 0.2) is 12.4 Å². The molecular formula is C19H28FN3O2. The molecule has 25 heavy (non-hydrogen) atoms. The topological polar surface area (TPSA) is 55.3 Å². The van der Waals surface area contributed by atoms with E-state index in [2.05, 4.69) is 23.8 Å². The molecule has 1 atom stereocenters. The van der Waals surface area contributed by atoms with Gasteiger partial charge in [-0.05, 0) is 50.4 Å². The number of halogens is 1. The average molecular weight is 349 g/mol. The van der Waals surface area contributed by atoms with Crippen molar-refractivity contribution in [3.63, 3.8) is 0 Å². The summed E-state index contributed by atoms with van der Waals surface area (Å²) in [6, 6.07) is 0.179. The van der Waals surface area contributed by atoms with Gasteiger partial charge < -0.3 is 9.64 Å². The predicted molar refractivity (Wildman–Crippen MR) is 92.5 cm³/mol. The first-order valence-electron chi connectivity index (χ1n) is 9.46. The molecule has 1 saturated heterocycles. The zero-order valence-corrected chi connectivity index (χ0v) is 15.2. The molecule has 3 rings (SSSR count). The van der Waals surface area contributed by atoms with E-state index in [0.717, 1.165) is 63.4 Å². The van der Waals surface area contributed by atoms with Crippen LogP contribution in [-0.2, 0) is 4.79 Å². The molecule has 0 N–H and O–H groups in total. The van der Waals surface area contributed by atoms with Gasteiger partial charge in [-0.3, -0.25) is 4.79 Å². The Balaban J connectivity index is 1.52. The number of amides is 1. The van der Waals surface area contributed by atoms with Crippen LogP contribution in [0.2, 0.25) is 0 Å². The van der Waals surface area contributed by atoms with Crippen molar-refractivity contribution in [2.75, 3.05) is 13.1 Å². The van der Waals surface area contributed by atoms with Crippen LogP contribution in [0.25, 0.3) is 0 Å². The molecule has 2 heterocycles. The Hall–Kier alpha value is -1.72. The van der Waals surface area contributed by atoms with Gasteiger partial charge in [0, 0.05) is 12.5 Å². The van der Waals surface area contributed by atoms with Gasteiger partial charge in [0.25, 0.3) is 0 Å². The number of ether oxygens (including phenoxy) is 1. The van der Waals surface area contributed by atoms with Gasteiger partial charge in [-0.15, -0.1) is 0 Å². The predicted octanol–water partition coefficient (Wildman–Crippen LogP) is 3.45. The monoisotopic (exact) mass is 349 g/mol. The summed E-state index contributed by atoms with van der Waals surface area (Å²) in [5.41, 5.74) is 0. The van der Waals surface area contributed by atoms with Gasteiger partial charge in [0.05, 0.1) is 18.9 Å². The van der Waals surface area contributed by atoms with Crippen molar-refractivity contribution in [1.82, 2.24) is 14.9 Å². The van der Waals surface area contributed by atoms with E-state index in [1.165, 1.54) is 0 Å². The second-order valence-electron chi connectivity index (χ2n) is 7.71. The van der Waals surface area contributed by atoms with Crippen molar-refractivity contribution in [3.05, 3.63) is 18.2 Å². The number of carbonyl (C=O) groups is 1. The van der Waals surface area contributed by atoms with E-state index >= 15 is 0 Å². The van der Waals surface area contributed by atoms with E-state index in [0.29, 0.717) is 12.5 Å². The zero-order valence-electron chi connectivity index (χ0n) is 15.2. The van der Waals surface area contributed by atoms with Crippen molar-refractivity contribution in [1.29, 1.82) is 0 Å². The number of hydrogen-bond donors (Lipinski definition) is 0. The molecule has 1 aromatic heterocycles. The third kappa shape index (κ3) is 4.67. The molecule has 1 amide bonds. The molecule has 0 spiro atoms. The lowest BCUT2D eigenvalue weighted by atomic mass is 9.76. The Kier molecular flexibility index (Phi) is 5.86. The fourth-order valence-electron chi connectivity index (χ4n) is 4.04. The quantitative estimate of drug-likeness (QED) is 0.835. The lowest BCUT2D eigenvalue weighted by Gasteiger charge is -2.37. The average Bonchev–Trinajstić information content (AvgIpc) is 2.63. The molecule has 138 valence electrons. The molecule has 6 heteroatoms. The number of carbonyl (C=O) groups excluding carboxylic acids is 1. The summed E-state index contributed by atoms with van der Waals surface area (Å²) in [4.78, 5) is 22.5. The summed E-state index contributed by atoms with van der Waals surface area (Å²) in [7, 11) is 0. The van der Waals surface area contributed by atoms with Crippen molar-refractivity contribution >= 4 is 5.91 Å². The summed E-state index contributed by atoms with van der Waals surface area (Å²) in [6.45, 7) is 5.92. The number of hydrogen-bond acceptors (Lipinski definition) is 4. The molecule has 1 unspecified atom stereocenters.